The molecule has 0 aliphatic heterocycles. The van der Waals surface area contributed by atoms with Crippen LogP contribution in [-0.4, -0.2) is 40.0 Å². The van der Waals surface area contributed by atoms with Gasteiger partial charge in [0.25, 0.3) is 0 Å². The lowest BCUT2D eigenvalue weighted by Crippen LogP contribution is -2.38. The molecule has 2 rings (SSSR count). The molecule has 7 nitrogen and oxygen atoms in total. The molecule has 26 heavy (non-hydrogen) atoms. The van der Waals surface area contributed by atoms with Crippen molar-refractivity contribution in [3.63, 3.8) is 0 Å². The van der Waals surface area contributed by atoms with Gasteiger partial charge in [0.2, 0.25) is 5.91 Å². The molecule has 0 radical (unpaired) electrons. The Hall–Kier alpha value is -2.41. The summed E-state index contributed by atoms with van der Waals surface area (Å²) in [5.74, 6) is 0.740. The molecular weight excluding hydrogens is 332 g/mol. The maximum absolute atomic E-state index is 12.3. The summed E-state index contributed by atoms with van der Waals surface area (Å²) in [6.07, 6.45) is 1.88. The first-order valence-corrected chi connectivity index (χ1v) is 9.05. The number of hydrogen-bond acceptors (Lipinski definition) is 5. The molecule has 2 heterocycles. The predicted octanol–water partition coefficient (Wildman–Crippen LogP) is 2.04. The molecule has 1 amide bonds. The molecule has 0 saturated heterocycles. The summed E-state index contributed by atoms with van der Waals surface area (Å²) in [4.78, 5) is 30.4. The van der Waals surface area contributed by atoms with Gasteiger partial charge in [-0.05, 0) is 45.1 Å². The first-order chi connectivity index (χ1) is 12.5. The molecule has 0 bridgehead atoms. The summed E-state index contributed by atoms with van der Waals surface area (Å²) in [7, 11) is 0. The van der Waals surface area contributed by atoms with Gasteiger partial charge in [0.1, 0.15) is 5.76 Å². The number of likely N-dealkylation sites (N-methyl/N-ethyl adjacent to an activating group) is 1. The highest BCUT2D eigenvalue weighted by Crippen LogP contribution is 2.20. The predicted molar refractivity (Wildman–Crippen MR) is 100.0 cm³/mol. The van der Waals surface area contributed by atoms with Crippen LogP contribution >= 0.6 is 0 Å². The van der Waals surface area contributed by atoms with E-state index in [0.29, 0.717) is 18.8 Å². The Kier molecular flexibility index (Phi) is 7.15. The van der Waals surface area contributed by atoms with Crippen molar-refractivity contribution in [2.75, 3.05) is 19.6 Å². The highest BCUT2D eigenvalue weighted by atomic mass is 16.3. The van der Waals surface area contributed by atoms with E-state index in [1.165, 1.54) is 4.57 Å². The standard InChI is InChI=1S/C19H28N4O3/c1-5-22(6-2)16(17-8-7-11-26-17)13-20-18(24)9-10-23-15(4)12-14(3)21-19(23)25/h7-8,11-12,16H,5-6,9-10,13H2,1-4H3,(H,20,24). The molecule has 2 aromatic rings. The van der Waals surface area contributed by atoms with E-state index in [2.05, 4.69) is 29.0 Å². The fourth-order valence-corrected chi connectivity index (χ4v) is 3.11. The first-order valence-electron chi connectivity index (χ1n) is 9.05. The van der Waals surface area contributed by atoms with Crippen LogP contribution in [0.3, 0.4) is 0 Å². The lowest BCUT2D eigenvalue weighted by molar-refractivity contribution is -0.121. The molecule has 0 spiro atoms. The highest BCUT2D eigenvalue weighted by Gasteiger charge is 2.21. The van der Waals surface area contributed by atoms with Crippen LogP contribution in [0.25, 0.3) is 0 Å². The molecule has 0 fully saturated rings. The average Bonchev–Trinajstić information content (AvgIpc) is 3.11. The van der Waals surface area contributed by atoms with E-state index in [-0.39, 0.29) is 24.1 Å². The number of rotatable bonds is 9. The number of carbonyl (C=O) groups excluding carboxylic acids is 1. The molecule has 7 heteroatoms. The van der Waals surface area contributed by atoms with E-state index in [0.717, 1.165) is 24.5 Å². The number of aromatic nitrogens is 2. The molecule has 0 aliphatic rings. The minimum absolute atomic E-state index is 0.00514. The zero-order valence-corrected chi connectivity index (χ0v) is 16.0. The first kappa shape index (κ1) is 19.9. The van der Waals surface area contributed by atoms with Gasteiger partial charge in [-0.3, -0.25) is 14.3 Å². The second-order valence-corrected chi connectivity index (χ2v) is 6.28. The van der Waals surface area contributed by atoms with Gasteiger partial charge in [0.15, 0.2) is 0 Å². The van der Waals surface area contributed by atoms with Crippen LogP contribution < -0.4 is 11.0 Å². The van der Waals surface area contributed by atoms with Gasteiger partial charge in [0.05, 0.1) is 12.3 Å². The van der Waals surface area contributed by atoms with Gasteiger partial charge >= 0.3 is 5.69 Å². The molecule has 0 aromatic carbocycles. The van der Waals surface area contributed by atoms with Crippen molar-refractivity contribution in [2.45, 2.75) is 46.7 Å². The van der Waals surface area contributed by atoms with Crippen molar-refractivity contribution >= 4 is 5.91 Å². The number of nitrogens with one attached hydrogen (secondary N) is 1. The molecule has 1 atom stereocenters. The average molecular weight is 360 g/mol. The van der Waals surface area contributed by atoms with Gasteiger partial charge in [-0.25, -0.2) is 4.79 Å². The zero-order chi connectivity index (χ0) is 19.1. The minimum Gasteiger partial charge on any atom is -0.468 e. The van der Waals surface area contributed by atoms with Gasteiger partial charge in [0, 0.05) is 30.9 Å². The Labute approximate surface area is 154 Å². The fraction of sp³-hybridized carbons (Fsp3) is 0.526. The number of nitrogens with zero attached hydrogens (tertiary/aromatic N) is 3. The Bertz CT molecular complexity index is 764. The van der Waals surface area contributed by atoms with E-state index in [1.54, 1.807) is 13.2 Å². The smallest absolute Gasteiger partial charge is 0.347 e. The van der Waals surface area contributed by atoms with E-state index in [4.69, 9.17) is 4.42 Å². The van der Waals surface area contributed by atoms with Gasteiger partial charge < -0.3 is 9.73 Å². The van der Waals surface area contributed by atoms with E-state index in [9.17, 15) is 9.59 Å². The number of furan rings is 1. The summed E-state index contributed by atoms with van der Waals surface area (Å²) in [6, 6.07) is 5.62. The van der Waals surface area contributed by atoms with E-state index >= 15 is 0 Å². The van der Waals surface area contributed by atoms with Crippen LogP contribution in [-0.2, 0) is 11.3 Å². The molecule has 0 aliphatic carbocycles. The molecular formula is C19H28N4O3. The van der Waals surface area contributed by atoms with Gasteiger partial charge in [-0.15, -0.1) is 0 Å². The molecule has 142 valence electrons. The van der Waals surface area contributed by atoms with Crippen LogP contribution in [0, 0.1) is 13.8 Å². The Balaban J connectivity index is 1.95. The monoisotopic (exact) mass is 360 g/mol. The maximum Gasteiger partial charge on any atom is 0.347 e. The second kappa shape index (κ2) is 9.33. The Morgan fingerprint density at radius 3 is 2.65 bits per heavy atom. The summed E-state index contributed by atoms with van der Waals surface area (Å²) >= 11 is 0. The van der Waals surface area contributed by atoms with Crippen LogP contribution in [0.2, 0.25) is 0 Å². The summed E-state index contributed by atoms with van der Waals surface area (Å²) in [5.41, 5.74) is 1.19. The summed E-state index contributed by atoms with van der Waals surface area (Å²) < 4.78 is 7.07. The Morgan fingerprint density at radius 1 is 1.35 bits per heavy atom. The van der Waals surface area contributed by atoms with Crippen molar-refractivity contribution in [1.29, 1.82) is 0 Å². The topological polar surface area (TPSA) is 80.4 Å². The third kappa shape index (κ3) is 5.05. The highest BCUT2D eigenvalue weighted by molar-refractivity contribution is 5.75. The van der Waals surface area contributed by atoms with Crippen LogP contribution in [0.1, 0.15) is 43.5 Å². The fourth-order valence-electron chi connectivity index (χ4n) is 3.11. The third-order valence-corrected chi connectivity index (χ3v) is 4.53. The normalized spacial score (nSPS) is 12.3. The van der Waals surface area contributed by atoms with Gasteiger partial charge in [-0.1, -0.05) is 13.8 Å². The molecule has 0 saturated carbocycles. The third-order valence-electron chi connectivity index (χ3n) is 4.53. The zero-order valence-electron chi connectivity index (χ0n) is 16.0. The quantitative estimate of drug-likeness (QED) is 0.740. The van der Waals surface area contributed by atoms with Crippen molar-refractivity contribution in [3.05, 3.63) is 52.1 Å². The van der Waals surface area contributed by atoms with Crippen LogP contribution in [0.15, 0.2) is 33.7 Å². The van der Waals surface area contributed by atoms with Crippen molar-refractivity contribution < 1.29 is 9.21 Å². The number of aryl methyl sites for hydroxylation is 2. The molecule has 1 N–H and O–H groups in total. The molecule has 1 unspecified atom stereocenters. The molecule has 2 aromatic heterocycles. The number of carbonyl (C=O) groups is 1. The van der Waals surface area contributed by atoms with Gasteiger partial charge in [-0.2, -0.15) is 4.98 Å². The maximum atomic E-state index is 12.3. The minimum atomic E-state index is -0.313. The van der Waals surface area contributed by atoms with E-state index in [1.807, 2.05) is 25.1 Å². The van der Waals surface area contributed by atoms with Crippen molar-refractivity contribution in [2.24, 2.45) is 0 Å². The lowest BCUT2D eigenvalue weighted by Gasteiger charge is -2.28. The summed E-state index contributed by atoms with van der Waals surface area (Å²) in [5, 5.41) is 2.96. The largest absolute Gasteiger partial charge is 0.468 e. The lowest BCUT2D eigenvalue weighted by atomic mass is 10.2. The summed E-state index contributed by atoms with van der Waals surface area (Å²) in [6.45, 7) is 10.3. The number of amides is 1. The second-order valence-electron chi connectivity index (χ2n) is 6.28. The van der Waals surface area contributed by atoms with E-state index < -0.39 is 0 Å². The Morgan fingerprint density at radius 2 is 2.08 bits per heavy atom. The van der Waals surface area contributed by atoms with Crippen LogP contribution in [0.4, 0.5) is 0 Å². The van der Waals surface area contributed by atoms with Crippen LogP contribution in [0.5, 0.6) is 0 Å². The SMILES string of the molecule is CCN(CC)C(CNC(=O)CCn1c(C)cc(C)nc1=O)c1ccco1. The van der Waals surface area contributed by atoms with Crippen molar-refractivity contribution in [1.82, 2.24) is 19.8 Å². The van der Waals surface area contributed by atoms with Crippen molar-refractivity contribution in [3.8, 4) is 0 Å². The number of hydrogen-bond donors (Lipinski definition) is 1.